The largest absolute Gasteiger partial charge is 0.421 e. The average molecular weight is 186 g/mol. The third-order valence-corrected chi connectivity index (χ3v) is 3.29. The molecule has 0 aromatic rings. The summed E-state index contributed by atoms with van der Waals surface area (Å²) in [4.78, 5) is 0. The Hall–Kier alpha value is -0.0331. The molecule has 0 saturated carbocycles. The van der Waals surface area contributed by atoms with Crippen molar-refractivity contribution in [2.45, 2.75) is 32.1 Å². The Kier molecular flexibility index (Phi) is 4.75. The summed E-state index contributed by atoms with van der Waals surface area (Å²) in [5, 5.41) is 0. The molecule has 0 aromatic heterocycles. The number of halogens is 3. The van der Waals surface area contributed by atoms with Crippen LogP contribution in [0.25, 0.3) is 0 Å². The Morgan fingerprint density at radius 3 is 2.27 bits per heavy atom. The van der Waals surface area contributed by atoms with E-state index in [4.69, 9.17) is 4.43 Å². The van der Waals surface area contributed by atoms with Gasteiger partial charge in [-0.2, -0.15) is 13.2 Å². The standard InChI is InChI=1S/C6H13F3OSi/c1-3-10-11(2)5-4-6(7,8)9/h11H,3-5H2,1-2H3. The second-order valence-corrected chi connectivity index (χ2v) is 4.95. The molecule has 0 aliphatic rings. The molecule has 0 radical (unpaired) electrons. The predicted molar refractivity (Wildman–Crippen MR) is 40.1 cm³/mol. The summed E-state index contributed by atoms with van der Waals surface area (Å²) in [5.41, 5.74) is 0. The normalized spacial score (nSPS) is 15.0. The first kappa shape index (κ1) is 11.0. The van der Waals surface area contributed by atoms with Gasteiger partial charge < -0.3 is 4.43 Å². The second-order valence-electron chi connectivity index (χ2n) is 2.42. The summed E-state index contributed by atoms with van der Waals surface area (Å²) in [5.74, 6) is 0. The van der Waals surface area contributed by atoms with E-state index >= 15 is 0 Å². The molecule has 1 unspecified atom stereocenters. The SMILES string of the molecule is CCO[SiH](C)CCC(F)(F)F. The van der Waals surface area contributed by atoms with Crippen LogP contribution in [0.3, 0.4) is 0 Å². The number of hydrogen-bond acceptors (Lipinski definition) is 1. The quantitative estimate of drug-likeness (QED) is 0.612. The topological polar surface area (TPSA) is 9.23 Å². The van der Waals surface area contributed by atoms with Crippen LogP contribution < -0.4 is 0 Å². The number of hydrogen-bond donors (Lipinski definition) is 0. The van der Waals surface area contributed by atoms with E-state index in [1.807, 2.05) is 0 Å². The van der Waals surface area contributed by atoms with Crippen molar-refractivity contribution in [2.24, 2.45) is 0 Å². The second kappa shape index (κ2) is 4.77. The maximum atomic E-state index is 11.6. The van der Waals surface area contributed by atoms with Crippen molar-refractivity contribution in [1.29, 1.82) is 0 Å². The lowest BCUT2D eigenvalue weighted by Crippen LogP contribution is -2.17. The molecular weight excluding hydrogens is 173 g/mol. The third-order valence-electron chi connectivity index (χ3n) is 1.29. The van der Waals surface area contributed by atoms with Crippen molar-refractivity contribution in [1.82, 2.24) is 0 Å². The van der Waals surface area contributed by atoms with Crippen LogP contribution in [-0.2, 0) is 4.43 Å². The molecule has 11 heavy (non-hydrogen) atoms. The highest BCUT2D eigenvalue weighted by Gasteiger charge is 2.27. The van der Waals surface area contributed by atoms with Crippen LogP contribution in [0.1, 0.15) is 13.3 Å². The summed E-state index contributed by atoms with van der Waals surface area (Å²) in [7, 11) is -1.52. The molecule has 0 aliphatic carbocycles. The summed E-state index contributed by atoms with van der Waals surface area (Å²) in [6.45, 7) is 4.12. The fourth-order valence-electron chi connectivity index (χ4n) is 0.735. The Balaban J connectivity index is 3.38. The van der Waals surface area contributed by atoms with Crippen molar-refractivity contribution in [3.63, 3.8) is 0 Å². The molecule has 5 heteroatoms. The minimum atomic E-state index is -4.02. The Bertz CT molecular complexity index is 104. The summed E-state index contributed by atoms with van der Waals surface area (Å²) in [6, 6.07) is 0.192. The van der Waals surface area contributed by atoms with Gasteiger partial charge in [-0.05, 0) is 19.5 Å². The van der Waals surface area contributed by atoms with Crippen LogP contribution in [0.2, 0.25) is 12.6 Å². The highest BCUT2D eigenvalue weighted by Crippen LogP contribution is 2.22. The molecule has 0 aliphatic heterocycles. The summed E-state index contributed by atoms with van der Waals surface area (Å²) >= 11 is 0. The van der Waals surface area contributed by atoms with Gasteiger partial charge in [0, 0.05) is 13.0 Å². The first-order valence-corrected chi connectivity index (χ1v) is 6.08. The molecule has 0 fully saturated rings. The van der Waals surface area contributed by atoms with Crippen molar-refractivity contribution < 1.29 is 17.6 Å². The molecule has 0 heterocycles. The van der Waals surface area contributed by atoms with Gasteiger partial charge in [0.05, 0.1) is 0 Å². The molecule has 0 spiro atoms. The Morgan fingerprint density at radius 2 is 1.91 bits per heavy atom. The Labute approximate surface area is 66.3 Å². The molecular formula is C6H13F3OSi. The van der Waals surface area contributed by atoms with Crippen LogP contribution in [0, 0.1) is 0 Å². The van der Waals surface area contributed by atoms with Crippen LogP contribution in [0.5, 0.6) is 0 Å². The number of rotatable bonds is 4. The van der Waals surface area contributed by atoms with E-state index in [1.165, 1.54) is 0 Å². The highest BCUT2D eigenvalue weighted by molar-refractivity contribution is 6.50. The van der Waals surface area contributed by atoms with E-state index in [1.54, 1.807) is 13.5 Å². The summed E-state index contributed by atoms with van der Waals surface area (Å²) < 4.78 is 39.9. The highest BCUT2D eigenvalue weighted by atomic mass is 28.3. The first-order valence-electron chi connectivity index (χ1n) is 3.64. The van der Waals surface area contributed by atoms with Gasteiger partial charge in [-0.15, -0.1) is 0 Å². The molecule has 68 valence electrons. The minimum Gasteiger partial charge on any atom is -0.421 e. The van der Waals surface area contributed by atoms with Crippen molar-refractivity contribution in [3.8, 4) is 0 Å². The van der Waals surface area contributed by atoms with Gasteiger partial charge in [0.15, 0.2) is 9.04 Å². The van der Waals surface area contributed by atoms with E-state index in [0.717, 1.165) is 0 Å². The molecule has 0 bridgehead atoms. The van der Waals surface area contributed by atoms with Crippen LogP contribution >= 0.6 is 0 Å². The fraction of sp³-hybridized carbons (Fsp3) is 1.00. The zero-order valence-electron chi connectivity index (χ0n) is 6.74. The monoisotopic (exact) mass is 186 g/mol. The zero-order valence-corrected chi connectivity index (χ0v) is 7.90. The van der Waals surface area contributed by atoms with E-state index in [9.17, 15) is 13.2 Å². The van der Waals surface area contributed by atoms with Gasteiger partial charge in [-0.1, -0.05) is 0 Å². The zero-order chi connectivity index (χ0) is 8.91. The van der Waals surface area contributed by atoms with Gasteiger partial charge in [-0.25, -0.2) is 0 Å². The van der Waals surface area contributed by atoms with Crippen LogP contribution in [0.15, 0.2) is 0 Å². The third kappa shape index (κ3) is 7.87. The van der Waals surface area contributed by atoms with Crippen LogP contribution in [0.4, 0.5) is 13.2 Å². The van der Waals surface area contributed by atoms with E-state index in [2.05, 4.69) is 0 Å². The van der Waals surface area contributed by atoms with E-state index < -0.39 is 21.6 Å². The van der Waals surface area contributed by atoms with E-state index in [0.29, 0.717) is 6.61 Å². The molecule has 0 rings (SSSR count). The van der Waals surface area contributed by atoms with Gasteiger partial charge >= 0.3 is 6.18 Å². The fourth-order valence-corrected chi connectivity index (χ4v) is 2.20. The lowest BCUT2D eigenvalue weighted by atomic mass is 10.5. The minimum absolute atomic E-state index is 0.192. The molecule has 0 aromatic carbocycles. The van der Waals surface area contributed by atoms with Crippen molar-refractivity contribution in [2.75, 3.05) is 6.61 Å². The predicted octanol–water partition coefficient (Wildman–Crippen LogP) is 2.33. The molecule has 0 amide bonds. The molecule has 1 nitrogen and oxygen atoms in total. The lowest BCUT2D eigenvalue weighted by molar-refractivity contribution is -0.131. The van der Waals surface area contributed by atoms with Crippen LogP contribution in [-0.4, -0.2) is 21.8 Å². The maximum absolute atomic E-state index is 11.6. The first-order chi connectivity index (χ1) is 4.95. The van der Waals surface area contributed by atoms with Gasteiger partial charge in [0.1, 0.15) is 0 Å². The number of alkyl halides is 3. The van der Waals surface area contributed by atoms with Gasteiger partial charge in [0.25, 0.3) is 0 Å². The maximum Gasteiger partial charge on any atom is 0.388 e. The Morgan fingerprint density at radius 1 is 1.36 bits per heavy atom. The van der Waals surface area contributed by atoms with Gasteiger partial charge in [-0.3, -0.25) is 0 Å². The van der Waals surface area contributed by atoms with Crippen molar-refractivity contribution >= 4 is 9.04 Å². The average Bonchev–Trinajstić information content (AvgIpc) is 1.83. The lowest BCUT2D eigenvalue weighted by Gasteiger charge is -2.10. The molecule has 0 N–H and O–H groups in total. The smallest absolute Gasteiger partial charge is 0.388 e. The molecule has 0 saturated heterocycles. The summed E-state index contributed by atoms with van der Waals surface area (Å²) in [6.07, 6.45) is -4.71. The van der Waals surface area contributed by atoms with Gasteiger partial charge in [0.2, 0.25) is 0 Å². The van der Waals surface area contributed by atoms with E-state index in [-0.39, 0.29) is 6.04 Å². The molecule has 1 atom stereocenters. The van der Waals surface area contributed by atoms with Crippen molar-refractivity contribution in [3.05, 3.63) is 0 Å².